The van der Waals surface area contributed by atoms with E-state index in [0.717, 1.165) is 21.9 Å². The van der Waals surface area contributed by atoms with Crippen molar-refractivity contribution in [3.05, 3.63) is 95.6 Å². The molecule has 2 heterocycles. The van der Waals surface area contributed by atoms with Crippen molar-refractivity contribution >= 4 is 22.6 Å². The monoisotopic (exact) mass is 542 g/mol. The second kappa shape index (κ2) is 12.4. The fraction of sp³-hybridized carbons (Fsp3) is 0.355. The highest BCUT2D eigenvalue weighted by Gasteiger charge is 2.31. The molecule has 1 aliphatic heterocycles. The van der Waals surface area contributed by atoms with Crippen LogP contribution in [0.25, 0.3) is 10.8 Å². The van der Waals surface area contributed by atoms with Crippen molar-refractivity contribution in [1.29, 1.82) is 0 Å². The molecule has 2 amide bonds. The largest absolute Gasteiger partial charge is 0.374 e. The first-order chi connectivity index (χ1) is 18.8. The molecule has 210 valence electrons. The minimum atomic E-state index is -1.06. The van der Waals surface area contributed by atoms with E-state index in [4.69, 9.17) is 10.5 Å². The number of amides is 2. The summed E-state index contributed by atoms with van der Waals surface area (Å²) in [5.41, 5.74) is 7.03. The number of benzene rings is 3. The summed E-state index contributed by atoms with van der Waals surface area (Å²) >= 11 is 0. The Balaban J connectivity index is 0.00000370. The molecule has 3 aromatic carbocycles. The summed E-state index contributed by atoms with van der Waals surface area (Å²) in [4.78, 5) is 27.9. The molecule has 0 saturated heterocycles. The first kappa shape index (κ1) is 28.9. The number of hydrogen-bond acceptors (Lipinski definition) is 6. The molecule has 0 aliphatic carbocycles. The lowest BCUT2D eigenvalue weighted by Crippen LogP contribution is -2.51. The lowest BCUT2D eigenvalue weighted by molar-refractivity contribution is -0.132. The fourth-order valence-electron chi connectivity index (χ4n) is 4.77. The van der Waals surface area contributed by atoms with Crippen LogP contribution in [0.1, 0.15) is 50.1 Å². The van der Waals surface area contributed by atoms with Crippen LogP contribution in [-0.4, -0.2) is 50.2 Å². The van der Waals surface area contributed by atoms with Gasteiger partial charge < -0.3 is 25.3 Å². The van der Waals surface area contributed by atoms with Crippen molar-refractivity contribution in [2.75, 3.05) is 13.2 Å². The molecule has 5 rings (SSSR count). The molecule has 1 atom stereocenters. The Labute approximate surface area is 235 Å². The van der Waals surface area contributed by atoms with Crippen molar-refractivity contribution in [1.82, 2.24) is 25.0 Å². The average molecular weight is 543 g/mol. The van der Waals surface area contributed by atoms with Crippen LogP contribution in [0.2, 0.25) is 0 Å². The maximum atomic E-state index is 13.3. The van der Waals surface area contributed by atoms with E-state index in [2.05, 4.69) is 27.6 Å². The van der Waals surface area contributed by atoms with Gasteiger partial charge in [0.05, 0.1) is 31.7 Å². The summed E-state index contributed by atoms with van der Waals surface area (Å²) in [6.07, 6.45) is 0.319. The number of fused-ring (bicyclic) bond motifs is 2. The van der Waals surface area contributed by atoms with E-state index >= 15 is 0 Å². The Hall–Kier alpha value is -4.08. The molecule has 0 bridgehead atoms. The SMILES string of the molecule is C.CC(C)(N)C(=O)N[C@H](COCc1ccccc1)c1nnc2n1CCN(C(=O)Cc1cccc3ccccc13)C2. The number of rotatable bonds is 9. The van der Waals surface area contributed by atoms with Crippen LogP contribution in [0.4, 0.5) is 0 Å². The molecule has 0 radical (unpaired) electrons. The van der Waals surface area contributed by atoms with Gasteiger partial charge in [-0.15, -0.1) is 10.2 Å². The molecule has 0 fully saturated rings. The van der Waals surface area contributed by atoms with Crippen LogP contribution in [0, 0.1) is 0 Å². The van der Waals surface area contributed by atoms with Gasteiger partial charge in [0.1, 0.15) is 6.04 Å². The Bertz CT molecular complexity index is 1460. The van der Waals surface area contributed by atoms with Gasteiger partial charge in [0.25, 0.3) is 0 Å². The van der Waals surface area contributed by atoms with E-state index in [9.17, 15) is 9.59 Å². The predicted octanol–water partition coefficient (Wildman–Crippen LogP) is 3.76. The zero-order chi connectivity index (χ0) is 27.4. The molecule has 0 saturated carbocycles. The highest BCUT2D eigenvalue weighted by atomic mass is 16.5. The summed E-state index contributed by atoms with van der Waals surface area (Å²) in [5, 5.41) is 14.0. The summed E-state index contributed by atoms with van der Waals surface area (Å²) in [5.74, 6) is 1.01. The highest BCUT2D eigenvalue weighted by molar-refractivity contribution is 5.90. The smallest absolute Gasteiger partial charge is 0.240 e. The number of nitrogens with zero attached hydrogens (tertiary/aromatic N) is 4. The summed E-state index contributed by atoms with van der Waals surface area (Å²) < 4.78 is 7.94. The van der Waals surface area contributed by atoms with Crippen LogP contribution in [0.3, 0.4) is 0 Å². The molecule has 4 aromatic rings. The van der Waals surface area contributed by atoms with E-state index in [1.54, 1.807) is 13.8 Å². The number of hydrogen-bond donors (Lipinski definition) is 2. The number of nitrogens with one attached hydrogen (secondary N) is 1. The van der Waals surface area contributed by atoms with Gasteiger partial charge >= 0.3 is 0 Å². The first-order valence-electron chi connectivity index (χ1n) is 13.2. The van der Waals surface area contributed by atoms with Crippen molar-refractivity contribution in [2.45, 2.75) is 59.0 Å². The predicted molar refractivity (Wildman–Crippen MR) is 155 cm³/mol. The maximum absolute atomic E-state index is 13.3. The average Bonchev–Trinajstić information content (AvgIpc) is 3.36. The fourth-order valence-corrected chi connectivity index (χ4v) is 4.77. The third kappa shape index (κ3) is 6.55. The number of carbonyl (C=O) groups excluding carboxylic acids is 2. The van der Waals surface area contributed by atoms with Gasteiger partial charge in [-0.25, -0.2) is 0 Å². The normalized spacial score (nSPS) is 13.8. The number of carbonyl (C=O) groups is 2. The van der Waals surface area contributed by atoms with Gasteiger partial charge in [-0.1, -0.05) is 80.2 Å². The lowest BCUT2D eigenvalue weighted by Gasteiger charge is -2.30. The van der Waals surface area contributed by atoms with Crippen molar-refractivity contribution in [3.8, 4) is 0 Å². The quantitative estimate of drug-likeness (QED) is 0.333. The zero-order valence-electron chi connectivity index (χ0n) is 22.3. The van der Waals surface area contributed by atoms with Crippen LogP contribution in [-0.2, 0) is 40.4 Å². The van der Waals surface area contributed by atoms with Gasteiger partial charge in [0.15, 0.2) is 11.6 Å². The summed E-state index contributed by atoms with van der Waals surface area (Å²) in [6.45, 7) is 5.32. The van der Waals surface area contributed by atoms with Crippen molar-refractivity contribution in [3.63, 3.8) is 0 Å². The van der Waals surface area contributed by atoms with Gasteiger partial charge in [0, 0.05) is 13.1 Å². The minimum Gasteiger partial charge on any atom is -0.374 e. The molecule has 1 aromatic heterocycles. The second-order valence-electron chi connectivity index (χ2n) is 10.5. The molecule has 0 spiro atoms. The van der Waals surface area contributed by atoms with E-state index in [-0.39, 0.29) is 25.8 Å². The minimum absolute atomic E-state index is 0. The molecule has 0 unspecified atom stereocenters. The Morgan fingerprint density at radius 2 is 1.73 bits per heavy atom. The van der Waals surface area contributed by atoms with E-state index in [0.29, 0.717) is 44.3 Å². The van der Waals surface area contributed by atoms with Crippen LogP contribution >= 0.6 is 0 Å². The van der Waals surface area contributed by atoms with Crippen LogP contribution in [0.15, 0.2) is 72.8 Å². The number of ether oxygens (including phenoxy) is 1. The molecule has 9 nitrogen and oxygen atoms in total. The topological polar surface area (TPSA) is 115 Å². The zero-order valence-corrected chi connectivity index (χ0v) is 22.3. The molecule has 9 heteroatoms. The molecule has 3 N–H and O–H groups in total. The third-order valence-electron chi connectivity index (χ3n) is 6.95. The lowest BCUT2D eigenvalue weighted by atomic mass is 10.0. The van der Waals surface area contributed by atoms with E-state index in [1.165, 1.54) is 0 Å². The molecule has 1 aliphatic rings. The van der Waals surface area contributed by atoms with Gasteiger partial charge in [-0.3, -0.25) is 9.59 Å². The Morgan fingerprint density at radius 3 is 2.50 bits per heavy atom. The van der Waals surface area contributed by atoms with Crippen LogP contribution < -0.4 is 11.1 Å². The van der Waals surface area contributed by atoms with E-state index in [1.807, 2.05) is 70.1 Å². The number of aromatic nitrogens is 3. The maximum Gasteiger partial charge on any atom is 0.240 e. The van der Waals surface area contributed by atoms with Gasteiger partial charge in [-0.2, -0.15) is 0 Å². The van der Waals surface area contributed by atoms with Gasteiger partial charge in [0.2, 0.25) is 11.8 Å². The van der Waals surface area contributed by atoms with Crippen molar-refractivity contribution < 1.29 is 14.3 Å². The first-order valence-corrected chi connectivity index (χ1v) is 13.2. The van der Waals surface area contributed by atoms with E-state index < -0.39 is 11.6 Å². The number of nitrogens with two attached hydrogens (primary N) is 1. The summed E-state index contributed by atoms with van der Waals surface area (Å²) in [6, 6.07) is 23.4. The molecular formula is C31H38N6O3. The van der Waals surface area contributed by atoms with Gasteiger partial charge in [-0.05, 0) is 35.7 Å². The Morgan fingerprint density at radius 1 is 1.00 bits per heavy atom. The molecule has 40 heavy (non-hydrogen) atoms. The molecular weight excluding hydrogens is 504 g/mol. The van der Waals surface area contributed by atoms with Crippen molar-refractivity contribution in [2.24, 2.45) is 5.73 Å². The highest BCUT2D eigenvalue weighted by Crippen LogP contribution is 2.22. The van der Waals surface area contributed by atoms with Crippen LogP contribution in [0.5, 0.6) is 0 Å². The summed E-state index contributed by atoms with van der Waals surface area (Å²) in [7, 11) is 0. The Kier molecular flexibility index (Phi) is 8.96. The standard InChI is InChI=1S/C30H34N6O3.CH4/c1-30(2,31)29(38)32-25(20-39-19-21-9-4-3-5-10-21)28-34-33-26-18-35(15-16-36(26)28)27(37)17-23-13-8-12-22-11-6-7-14-24(22)23;/h3-14,25H,15-20,31H2,1-2H3,(H,32,38);1H4/t25-;/m1./s1. The second-order valence-corrected chi connectivity index (χ2v) is 10.5. The third-order valence-corrected chi connectivity index (χ3v) is 6.95.